The SMILES string of the molecule is COc1cccc(C(O)C2COCCO2)c1. The number of rotatable bonds is 3. The van der Waals surface area contributed by atoms with Crippen molar-refractivity contribution in [1.82, 2.24) is 0 Å². The smallest absolute Gasteiger partial charge is 0.119 e. The highest BCUT2D eigenvalue weighted by Crippen LogP contribution is 2.24. The largest absolute Gasteiger partial charge is 0.497 e. The summed E-state index contributed by atoms with van der Waals surface area (Å²) < 4.78 is 15.8. The summed E-state index contributed by atoms with van der Waals surface area (Å²) in [5.74, 6) is 0.730. The third kappa shape index (κ3) is 2.52. The van der Waals surface area contributed by atoms with Gasteiger partial charge in [-0.2, -0.15) is 0 Å². The molecule has 1 aromatic carbocycles. The molecule has 1 heterocycles. The van der Waals surface area contributed by atoms with Crippen LogP contribution in [0.25, 0.3) is 0 Å². The molecule has 1 aromatic rings. The Hall–Kier alpha value is -1.10. The second-order valence-electron chi connectivity index (χ2n) is 3.71. The van der Waals surface area contributed by atoms with Crippen LogP contribution in [-0.2, 0) is 9.47 Å². The molecule has 88 valence electrons. The summed E-state index contributed by atoms with van der Waals surface area (Å²) in [6, 6.07) is 7.35. The lowest BCUT2D eigenvalue weighted by molar-refractivity contribution is -0.133. The van der Waals surface area contributed by atoms with Crippen LogP contribution < -0.4 is 4.74 Å². The van der Waals surface area contributed by atoms with Crippen molar-refractivity contribution in [1.29, 1.82) is 0 Å². The van der Waals surface area contributed by atoms with Gasteiger partial charge in [0.05, 0.1) is 26.9 Å². The minimum absolute atomic E-state index is 0.291. The number of methoxy groups -OCH3 is 1. The molecular weight excluding hydrogens is 208 g/mol. The Kier molecular flexibility index (Phi) is 3.77. The summed E-state index contributed by atoms with van der Waals surface area (Å²) in [6.07, 6.45) is -0.962. The molecule has 2 unspecified atom stereocenters. The summed E-state index contributed by atoms with van der Waals surface area (Å²) >= 11 is 0. The molecule has 0 amide bonds. The molecule has 0 spiro atoms. The molecule has 4 heteroatoms. The molecule has 0 bridgehead atoms. The minimum Gasteiger partial charge on any atom is -0.497 e. The highest BCUT2D eigenvalue weighted by Gasteiger charge is 2.24. The first-order valence-electron chi connectivity index (χ1n) is 5.32. The molecule has 1 N–H and O–H groups in total. The van der Waals surface area contributed by atoms with Crippen LogP contribution in [0.4, 0.5) is 0 Å². The van der Waals surface area contributed by atoms with Gasteiger partial charge in [-0.1, -0.05) is 12.1 Å². The molecule has 0 radical (unpaired) electrons. The van der Waals surface area contributed by atoms with E-state index in [0.717, 1.165) is 11.3 Å². The second kappa shape index (κ2) is 5.30. The van der Waals surface area contributed by atoms with Crippen molar-refractivity contribution in [3.8, 4) is 5.75 Å². The van der Waals surface area contributed by atoms with Crippen molar-refractivity contribution in [2.24, 2.45) is 0 Å². The quantitative estimate of drug-likeness (QED) is 0.836. The molecule has 0 aliphatic carbocycles. The zero-order valence-corrected chi connectivity index (χ0v) is 9.26. The van der Waals surface area contributed by atoms with E-state index < -0.39 is 6.10 Å². The summed E-state index contributed by atoms with van der Waals surface area (Å²) in [5.41, 5.74) is 0.787. The van der Waals surface area contributed by atoms with Crippen LogP contribution >= 0.6 is 0 Å². The van der Waals surface area contributed by atoms with Gasteiger partial charge in [-0.3, -0.25) is 0 Å². The summed E-state index contributed by atoms with van der Waals surface area (Å²) in [6.45, 7) is 1.56. The van der Waals surface area contributed by atoms with Gasteiger partial charge < -0.3 is 19.3 Å². The van der Waals surface area contributed by atoms with Crippen LogP contribution in [0.2, 0.25) is 0 Å². The minimum atomic E-state index is -0.671. The van der Waals surface area contributed by atoms with Crippen LogP contribution in [-0.4, -0.2) is 38.1 Å². The van der Waals surface area contributed by atoms with Gasteiger partial charge in [0.25, 0.3) is 0 Å². The molecule has 4 nitrogen and oxygen atoms in total. The van der Waals surface area contributed by atoms with Crippen LogP contribution in [0.1, 0.15) is 11.7 Å². The van der Waals surface area contributed by atoms with Crippen molar-refractivity contribution in [2.75, 3.05) is 26.9 Å². The maximum atomic E-state index is 10.1. The molecule has 0 aromatic heterocycles. The van der Waals surface area contributed by atoms with E-state index in [9.17, 15) is 5.11 Å². The fourth-order valence-corrected chi connectivity index (χ4v) is 1.73. The van der Waals surface area contributed by atoms with Gasteiger partial charge in [0.15, 0.2) is 0 Å². The van der Waals surface area contributed by atoms with Crippen molar-refractivity contribution in [2.45, 2.75) is 12.2 Å². The molecule has 1 fully saturated rings. The molecule has 1 saturated heterocycles. The summed E-state index contributed by atoms with van der Waals surface area (Å²) in [7, 11) is 1.60. The maximum absolute atomic E-state index is 10.1. The van der Waals surface area contributed by atoms with Crippen molar-refractivity contribution >= 4 is 0 Å². The predicted molar refractivity (Wildman–Crippen MR) is 58.5 cm³/mol. The number of hydrogen-bond donors (Lipinski definition) is 1. The van der Waals surface area contributed by atoms with E-state index in [1.165, 1.54) is 0 Å². The highest BCUT2D eigenvalue weighted by molar-refractivity contribution is 5.30. The number of aliphatic hydroxyl groups is 1. The number of hydrogen-bond acceptors (Lipinski definition) is 4. The van der Waals surface area contributed by atoms with Crippen LogP contribution in [0.5, 0.6) is 5.75 Å². The first kappa shape index (κ1) is 11.4. The van der Waals surface area contributed by atoms with Gasteiger partial charge in [-0.15, -0.1) is 0 Å². The third-order valence-electron chi connectivity index (χ3n) is 2.63. The second-order valence-corrected chi connectivity index (χ2v) is 3.71. The number of benzene rings is 1. The van der Waals surface area contributed by atoms with E-state index in [-0.39, 0.29) is 6.10 Å². The van der Waals surface area contributed by atoms with Gasteiger partial charge in [0.2, 0.25) is 0 Å². The van der Waals surface area contributed by atoms with E-state index in [2.05, 4.69) is 0 Å². The predicted octanol–water partition coefficient (Wildman–Crippen LogP) is 1.14. The van der Waals surface area contributed by atoms with E-state index in [1.807, 2.05) is 24.3 Å². The third-order valence-corrected chi connectivity index (χ3v) is 2.63. The average molecular weight is 224 g/mol. The summed E-state index contributed by atoms with van der Waals surface area (Å²) in [4.78, 5) is 0. The van der Waals surface area contributed by atoms with Gasteiger partial charge in [0.1, 0.15) is 18.0 Å². The van der Waals surface area contributed by atoms with E-state index in [4.69, 9.17) is 14.2 Å². The molecule has 16 heavy (non-hydrogen) atoms. The highest BCUT2D eigenvalue weighted by atomic mass is 16.6. The topological polar surface area (TPSA) is 47.9 Å². The summed E-state index contributed by atoms with van der Waals surface area (Å²) in [5, 5.41) is 10.1. The van der Waals surface area contributed by atoms with Crippen molar-refractivity contribution < 1.29 is 19.3 Å². The standard InChI is InChI=1S/C12H16O4/c1-14-10-4-2-3-9(7-10)12(13)11-8-15-5-6-16-11/h2-4,7,11-13H,5-6,8H2,1H3. The molecular formula is C12H16O4. The zero-order chi connectivity index (χ0) is 11.4. The van der Waals surface area contributed by atoms with Gasteiger partial charge >= 0.3 is 0 Å². The van der Waals surface area contributed by atoms with E-state index >= 15 is 0 Å². The monoisotopic (exact) mass is 224 g/mol. The van der Waals surface area contributed by atoms with Crippen LogP contribution in [0.3, 0.4) is 0 Å². The molecule has 1 aliphatic heterocycles. The van der Waals surface area contributed by atoms with Crippen LogP contribution in [0, 0.1) is 0 Å². The lowest BCUT2D eigenvalue weighted by Gasteiger charge is -2.27. The Balaban J connectivity index is 2.09. The Bertz CT molecular complexity index is 334. The van der Waals surface area contributed by atoms with Gasteiger partial charge in [-0.25, -0.2) is 0 Å². The van der Waals surface area contributed by atoms with E-state index in [0.29, 0.717) is 19.8 Å². The fraction of sp³-hybridized carbons (Fsp3) is 0.500. The van der Waals surface area contributed by atoms with Crippen molar-refractivity contribution in [3.63, 3.8) is 0 Å². The fourth-order valence-electron chi connectivity index (χ4n) is 1.73. The lowest BCUT2D eigenvalue weighted by atomic mass is 10.0. The molecule has 2 atom stereocenters. The Morgan fingerprint density at radius 1 is 1.44 bits per heavy atom. The first-order valence-corrected chi connectivity index (χ1v) is 5.32. The zero-order valence-electron chi connectivity index (χ0n) is 9.26. The Labute approximate surface area is 94.8 Å². The van der Waals surface area contributed by atoms with Gasteiger partial charge in [0, 0.05) is 0 Å². The Morgan fingerprint density at radius 2 is 2.31 bits per heavy atom. The maximum Gasteiger partial charge on any atom is 0.119 e. The van der Waals surface area contributed by atoms with Gasteiger partial charge in [-0.05, 0) is 17.7 Å². The lowest BCUT2D eigenvalue weighted by Crippen LogP contribution is -2.33. The number of aliphatic hydroxyl groups excluding tert-OH is 1. The molecule has 0 saturated carbocycles. The average Bonchev–Trinajstić information content (AvgIpc) is 2.39. The normalized spacial score (nSPS) is 22.8. The van der Waals surface area contributed by atoms with E-state index in [1.54, 1.807) is 7.11 Å². The Morgan fingerprint density at radius 3 is 3.00 bits per heavy atom. The number of ether oxygens (including phenoxy) is 3. The molecule has 2 rings (SSSR count). The molecule has 1 aliphatic rings. The van der Waals surface area contributed by atoms with Crippen LogP contribution in [0.15, 0.2) is 24.3 Å². The van der Waals surface area contributed by atoms with Crippen molar-refractivity contribution in [3.05, 3.63) is 29.8 Å². The first-order chi connectivity index (χ1) is 7.81.